The molecule has 2 heterocycles. The fourth-order valence-electron chi connectivity index (χ4n) is 3.46. The summed E-state index contributed by atoms with van der Waals surface area (Å²) < 4.78 is 1.86. The van der Waals surface area contributed by atoms with E-state index >= 15 is 0 Å². The molecule has 26 heavy (non-hydrogen) atoms. The van der Waals surface area contributed by atoms with Crippen LogP contribution in [0.25, 0.3) is 15.9 Å². The van der Waals surface area contributed by atoms with Crippen LogP contribution in [0.15, 0.2) is 30.3 Å². The number of hydrogen-bond donors (Lipinski definition) is 2. The molecule has 136 valence electrons. The van der Waals surface area contributed by atoms with E-state index in [2.05, 4.69) is 10.4 Å². The summed E-state index contributed by atoms with van der Waals surface area (Å²) in [5, 5.41) is 9.43. The monoisotopic (exact) mass is 388 g/mol. The normalized spacial score (nSPS) is 20.4. The number of fused-ring (bicyclic) bond motifs is 1. The average molecular weight is 389 g/mol. The van der Waals surface area contributed by atoms with Gasteiger partial charge in [0.25, 0.3) is 5.91 Å². The topological polar surface area (TPSA) is 72.9 Å². The zero-order chi connectivity index (χ0) is 18.3. The molecule has 2 aromatic heterocycles. The molecule has 1 amide bonds. The number of aromatic nitrogens is 2. The Bertz CT molecular complexity index is 956. The molecule has 0 bridgehead atoms. The Hall–Kier alpha value is -1.89. The third-order valence-corrected chi connectivity index (χ3v) is 6.27. The lowest BCUT2D eigenvalue weighted by Crippen LogP contribution is -2.40. The molecular formula is C19H21ClN4OS. The van der Waals surface area contributed by atoms with Crippen LogP contribution in [0.4, 0.5) is 0 Å². The Balaban J connectivity index is 1.61. The second-order valence-electron chi connectivity index (χ2n) is 6.89. The number of carbonyl (C=O) groups excluding carboxylic acids is 1. The molecule has 0 aliphatic heterocycles. The van der Waals surface area contributed by atoms with Crippen LogP contribution in [0.5, 0.6) is 0 Å². The molecule has 1 aromatic carbocycles. The van der Waals surface area contributed by atoms with Crippen LogP contribution in [0, 0.1) is 6.92 Å². The van der Waals surface area contributed by atoms with E-state index < -0.39 is 0 Å². The summed E-state index contributed by atoms with van der Waals surface area (Å²) in [5.74, 6) is -0.0104. The van der Waals surface area contributed by atoms with Gasteiger partial charge in [-0.15, -0.1) is 11.3 Å². The fraction of sp³-hybridized carbons (Fsp3) is 0.368. The lowest BCUT2D eigenvalue weighted by atomic mass is 9.92. The van der Waals surface area contributed by atoms with Crippen molar-refractivity contribution in [2.75, 3.05) is 0 Å². The van der Waals surface area contributed by atoms with Gasteiger partial charge in [0.2, 0.25) is 0 Å². The van der Waals surface area contributed by atoms with Crippen molar-refractivity contribution in [2.24, 2.45) is 5.73 Å². The standard InChI is InChI=1S/C19H21ClN4OS/c1-11-16-10-17(18(25)22-14-7-5-13(21)6-8-14)26-19(16)24(23-11)15-4-2-3-12(20)9-15/h2-4,9-10,13-14H,5-8,21H2,1H3,(H,22,25). The Morgan fingerprint density at radius 2 is 2.08 bits per heavy atom. The maximum Gasteiger partial charge on any atom is 0.261 e. The number of thiophene rings is 1. The number of nitrogens with zero attached hydrogens (tertiary/aromatic N) is 2. The molecule has 0 saturated heterocycles. The molecule has 5 nitrogen and oxygen atoms in total. The van der Waals surface area contributed by atoms with E-state index in [1.54, 1.807) is 0 Å². The van der Waals surface area contributed by atoms with Crippen LogP contribution in [-0.4, -0.2) is 27.8 Å². The molecule has 3 aromatic rings. The first-order valence-electron chi connectivity index (χ1n) is 8.83. The first-order valence-corrected chi connectivity index (χ1v) is 10.0. The molecular weight excluding hydrogens is 368 g/mol. The molecule has 0 radical (unpaired) electrons. The van der Waals surface area contributed by atoms with E-state index in [4.69, 9.17) is 17.3 Å². The lowest BCUT2D eigenvalue weighted by Gasteiger charge is -2.26. The molecule has 0 spiro atoms. The summed E-state index contributed by atoms with van der Waals surface area (Å²) in [6.07, 6.45) is 3.85. The minimum atomic E-state index is -0.0104. The van der Waals surface area contributed by atoms with Crippen LogP contribution in [0.2, 0.25) is 5.02 Å². The number of amides is 1. The number of hydrogen-bond acceptors (Lipinski definition) is 4. The van der Waals surface area contributed by atoms with E-state index in [0.29, 0.717) is 9.90 Å². The predicted octanol–water partition coefficient (Wildman–Crippen LogP) is 4.05. The van der Waals surface area contributed by atoms with Crippen molar-refractivity contribution in [1.82, 2.24) is 15.1 Å². The predicted molar refractivity (Wildman–Crippen MR) is 106 cm³/mol. The quantitative estimate of drug-likeness (QED) is 0.710. The molecule has 1 fully saturated rings. The molecule has 3 N–H and O–H groups in total. The van der Waals surface area contributed by atoms with E-state index in [-0.39, 0.29) is 18.0 Å². The highest BCUT2D eigenvalue weighted by Gasteiger charge is 2.22. The van der Waals surface area contributed by atoms with Crippen molar-refractivity contribution in [1.29, 1.82) is 0 Å². The maximum absolute atomic E-state index is 12.7. The van der Waals surface area contributed by atoms with Crippen LogP contribution in [0.3, 0.4) is 0 Å². The highest BCUT2D eigenvalue weighted by molar-refractivity contribution is 7.20. The van der Waals surface area contributed by atoms with Crippen molar-refractivity contribution in [3.63, 3.8) is 0 Å². The number of nitrogens with one attached hydrogen (secondary N) is 1. The summed E-state index contributed by atoms with van der Waals surface area (Å²) in [6.45, 7) is 1.96. The van der Waals surface area contributed by atoms with Crippen LogP contribution >= 0.6 is 22.9 Å². The van der Waals surface area contributed by atoms with Crippen LogP contribution < -0.4 is 11.1 Å². The van der Waals surface area contributed by atoms with Gasteiger partial charge in [0.15, 0.2) is 0 Å². The van der Waals surface area contributed by atoms with Gasteiger partial charge in [0.05, 0.1) is 16.3 Å². The van der Waals surface area contributed by atoms with Crippen molar-refractivity contribution in [3.05, 3.63) is 45.9 Å². The van der Waals surface area contributed by atoms with E-state index in [0.717, 1.165) is 47.3 Å². The molecule has 1 aliphatic carbocycles. The van der Waals surface area contributed by atoms with E-state index in [9.17, 15) is 4.79 Å². The van der Waals surface area contributed by atoms with Gasteiger partial charge in [0, 0.05) is 22.5 Å². The number of halogens is 1. The van der Waals surface area contributed by atoms with Crippen molar-refractivity contribution in [2.45, 2.75) is 44.7 Å². The Labute approximate surface area is 161 Å². The summed E-state index contributed by atoms with van der Waals surface area (Å²) in [6, 6.07) is 10.0. The number of rotatable bonds is 3. The lowest BCUT2D eigenvalue weighted by molar-refractivity contribution is 0.0930. The third-order valence-electron chi connectivity index (χ3n) is 4.93. The summed E-state index contributed by atoms with van der Waals surface area (Å²) >= 11 is 7.58. The van der Waals surface area contributed by atoms with Gasteiger partial charge >= 0.3 is 0 Å². The first-order chi connectivity index (χ1) is 12.5. The van der Waals surface area contributed by atoms with Crippen molar-refractivity contribution in [3.8, 4) is 5.69 Å². The van der Waals surface area contributed by atoms with E-state index in [1.165, 1.54) is 11.3 Å². The molecule has 1 aliphatic rings. The Morgan fingerprint density at radius 1 is 1.31 bits per heavy atom. The van der Waals surface area contributed by atoms with Crippen LogP contribution in [0.1, 0.15) is 41.0 Å². The summed E-state index contributed by atoms with van der Waals surface area (Å²) in [4.78, 5) is 14.4. The highest BCUT2D eigenvalue weighted by atomic mass is 35.5. The zero-order valence-electron chi connectivity index (χ0n) is 14.5. The molecule has 0 unspecified atom stereocenters. The second-order valence-corrected chi connectivity index (χ2v) is 8.36. The Morgan fingerprint density at radius 3 is 2.81 bits per heavy atom. The SMILES string of the molecule is Cc1nn(-c2cccc(Cl)c2)c2sc(C(=O)NC3CCC(N)CC3)cc12. The minimum Gasteiger partial charge on any atom is -0.349 e. The molecule has 7 heteroatoms. The van der Waals surface area contributed by atoms with Gasteiger partial charge in [-0.25, -0.2) is 4.68 Å². The molecule has 0 atom stereocenters. The number of nitrogens with two attached hydrogens (primary N) is 1. The van der Waals surface area contributed by atoms with Gasteiger partial charge in [-0.1, -0.05) is 17.7 Å². The third kappa shape index (κ3) is 3.37. The van der Waals surface area contributed by atoms with E-state index in [1.807, 2.05) is 41.9 Å². The highest BCUT2D eigenvalue weighted by Crippen LogP contribution is 2.31. The van der Waals surface area contributed by atoms with Gasteiger partial charge in [-0.2, -0.15) is 5.10 Å². The summed E-state index contributed by atoms with van der Waals surface area (Å²) in [5.41, 5.74) is 7.74. The van der Waals surface area contributed by atoms with Crippen molar-refractivity contribution >= 4 is 39.1 Å². The van der Waals surface area contributed by atoms with Gasteiger partial charge in [-0.05, 0) is 56.9 Å². The fourth-order valence-corrected chi connectivity index (χ4v) is 4.73. The van der Waals surface area contributed by atoms with Gasteiger partial charge in [-0.3, -0.25) is 4.79 Å². The second kappa shape index (κ2) is 7.02. The number of aryl methyl sites for hydroxylation is 1. The summed E-state index contributed by atoms with van der Waals surface area (Å²) in [7, 11) is 0. The smallest absolute Gasteiger partial charge is 0.261 e. The zero-order valence-corrected chi connectivity index (χ0v) is 16.1. The van der Waals surface area contributed by atoms with Gasteiger partial charge in [0.1, 0.15) is 4.83 Å². The van der Waals surface area contributed by atoms with Crippen LogP contribution in [-0.2, 0) is 0 Å². The maximum atomic E-state index is 12.7. The Kier molecular flexibility index (Phi) is 4.73. The average Bonchev–Trinajstić information content (AvgIpc) is 3.18. The molecule has 4 rings (SSSR count). The van der Waals surface area contributed by atoms with Crippen molar-refractivity contribution < 1.29 is 4.79 Å². The number of carbonyl (C=O) groups is 1. The van der Waals surface area contributed by atoms with Gasteiger partial charge < -0.3 is 11.1 Å². The number of benzene rings is 1. The molecule has 1 saturated carbocycles. The largest absolute Gasteiger partial charge is 0.349 e. The first kappa shape index (κ1) is 17.5. The minimum absolute atomic E-state index is 0.0104.